The minimum atomic E-state index is -3.50. The molecule has 0 unspecified atom stereocenters. The van der Waals surface area contributed by atoms with E-state index in [1.54, 1.807) is 44.2 Å². The molecule has 3 rings (SSSR count). The fourth-order valence-corrected chi connectivity index (χ4v) is 5.93. The summed E-state index contributed by atoms with van der Waals surface area (Å²) in [7, 11) is -0.254. The molecule has 34 heavy (non-hydrogen) atoms. The van der Waals surface area contributed by atoms with Crippen LogP contribution in [0.3, 0.4) is 0 Å². The molecule has 0 bridgehead atoms. The van der Waals surface area contributed by atoms with Gasteiger partial charge in [-0.3, -0.25) is 9.59 Å². The van der Waals surface area contributed by atoms with E-state index in [0.717, 1.165) is 25.7 Å². The van der Waals surface area contributed by atoms with Gasteiger partial charge in [-0.05, 0) is 37.8 Å². The average Bonchev–Trinajstić information content (AvgIpc) is 3.32. The second-order valence-electron chi connectivity index (χ2n) is 9.61. The zero-order chi connectivity index (χ0) is 25.0. The summed E-state index contributed by atoms with van der Waals surface area (Å²) < 4.78 is 38.1. The van der Waals surface area contributed by atoms with Crippen LogP contribution in [0.15, 0.2) is 18.2 Å². The molecule has 2 amide bonds. The SMILES string of the molecule is CO[C@H]1CN(C)C(=O)c2ccc(NC(=O)C3CCCC3)cc2OC[C@H](C)N(S(C)(=O)=O)C[C@H]1C. The Labute approximate surface area is 202 Å². The van der Waals surface area contributed by atoms with Crippen molar-refractivity contribution in [1.29, 1.82) is 0 Å². The largest absolute Gasteiger partial charge is 0.491 e. The van der Waals surface area contributed by atoms with Crippen molar-refractivity contribution in [2.45, 2.75) is 51.7 Å². The standard InChI is InChI=1S/C24H37N3O6S/c1-16-13-27(34(5,30)31)17(2)15-33-21-12-19(25-23(28)18-8-6-7-9-18)10-11-20(21)24(29)26(3)14-22(16)32-4/h10-12,16-18,22H,6-9,13-15H2,1-5H3,(H,25,28)/t16-,17+,22+/m1/s1. The minimum Gasteiger partial charge on any atom is -0.491 e. The number of methoxy groups -OCH3 is 1. The van der Waals surface area contributed by atoms with Crippen LogP contribution in [0, 0.1) is 11.8 Å². The van der Waals surface area contributed by atoms with Crippen molar-refractivity contribution in [3.63, 3.8) is 0 Å². The van der Waals surface area contributed by atoms with E-state index in [-0.39, 0.29) is 42.9 Å². The van der Waals surface area contributed by atoms with Crippen LogP contribution in [0.5, 0.6) is 5.75 Å². The summed E-state index contributed by atoms with van der Waals surface area (Å²) in [6.45, 7) is 4.29. The monoisotopic (exact) mass is 495 g/mol. The maximum Gasteiger partial charge on any atom is 0.257 e. The molecule has 1 aliphatic heterocycles. The van der Waals surface area contributed by atoms with E-state index in [0.29, 0.717) is 23.5 Å². The van der Waals surface area contributed by atoms with Gasteiger partial charge < -0.3 is 19.7 Å². The number of carbonyl (C=O) groups is 2. The number of sulfonamides is 1. The van der Waals surface area contributed by atoms with Crippen LogP contribution in [-0.4, -0.2) is 81.7 Å². The second-order valence-corrected chi connectivity index (χ2v) is 11.5. The molecule has 0 radical (unpaired) electrons. The lowest BCUT2D eigenvalue weighted by atomic mass is 10.0. The first-order valence-electron chi connectivity index (χ1n) is 11.8. The molecular weight excluding hydrogens is 458 g/mol. The molecule has 1 aromatic rings. The fraction of sp³-hybridized carbons (Fsp3) is 0.667. The normalized spacial score (nSPS) is 25.7. The fourth-order valence-electron chi connectivity index (χ4n) is 4.71. The molecule has 3 atom stereocenters. The Morgan fingerprint density at radius 2 is 1.85 bits per heavy atom. The van der Waals surface area contributed by atoms with Crippen LogP contribution in [-0.2, 0) is 19.6 Å². The highest BCUT2D eigenvalue weighted by Crippen LogP contribution is 2.29. The van der Waals surface area contributed by atoms with Crippen molar-refractivity contribution in [3.05, 3.63) is 23.8 Å². The van der Waals surface area contributed by atoms with Crippen molar-refractivity contribution >= 4 is 27.5 Å². The zero-order valence-electron chi connectivity index (χ0n) is 20.7. The Kier molecular flexibility index (Phi) is 8.59. The Bertz CT molecular complexity index is 992. The summed E-state index contributed by atoms with van der Waals surface area (Å²) in [4.78, 5) is 27.4. The summed E-state index contributed by atoms with van der Waals surface area (Å²) >= 11 is 0. The molecule has 1 N–H and O–H groups in total. The van der Waals surface area contributed by atoms with Crippen molar-refractivity contribution in [3.8, 4) is 5.75 Å². The highest BCUT2D eigenvalue weighted by Gasteiger charge is 2.32. The lowest BCUT2D eigenvalue weighted by Crippen LogP contribution is -2.48. The predicted molar refractivity (Wildman–Crippen MR) is 130 cm³/mol. The summed E-state index contributed by atoms with van der Waals surface area (Å²) in [5, 5.41) is 2.94. The number of fused-ring (bicyclic) bond motifs is 1. The van der Waals surface area contributed by atoms with Gasteiger partial charge in [0.2, 0.25) is 15.9 Å². The highest BCUT2D eigenvalue weighted by atomic mass is 32.2. The van der Waals surface area contributed by atoms with E-state index < -0.39 is 16.1 Å². The summed E-state index contributed by atoms with van der Waals surface area (Å²) in [5.74, 6) is -0.0897. The van der Waals surface area contributed by atoms with Gasteiger partial charge in [0.1, 0.15) is 12.4 Å². The number of rotatable bonds is 4. The molecule has 0 aromatic heterocycles. The van der Waals surface area contributed by atoms with Crippen LogP contribution in [0.4, 0.5) is 5.69 Å². The van der Waals surface area contributed by atoms with Crippen LogP contribution >= 0.6 is 0 Å². The molecule has 0 spiro atoms. The lowest BCUT2D eigenvalue weighted by Gasteiger charge is -2.34. The average molecular weight is 496 g/mol. The van der Waals surface area contributed by atoms with Gasteiger partial charge in [0, 0.05) is 44.9 Å². The van der Waals surface area contributed by atoms with Crippen molar-refractivity contribution < 1.29 is 27.5 Å². The van der Waals surface area contributed by atoms with E-state index in [1.165, 1.54) is 10.6 Å². The van der Waals surface area contributed by atoms with Gasteiger partial charge in [0.05, 0.1) is 24.0 Å². The van der Waals surface area contributed by atoms with Gasteiger partial charge in [0.15, 0.2) is 0 Å². The van der Waals surface area contributed by atoms with Gasteiger partial charge in [-0.2, -0.15) is 4.31 Å². The number of carbonyl (C=O) groups excluding carboxylic acids is 2. The number of nitrogens with zero attached hydrogens (tertiary/aromatic N) is 2. The highest BCUT2D eigenvalue weighted by molar-refractivity contribution is 7.88. The Hall–Kier alpha value is -2.17. The topological polar surface area (TPSA) is 105 Å². The molecule has 1 aromatic carbocycles. The third-order valence-electron chi connectivity index (χ3n) is 6.81. The molecule has 10 heteroatoms. The van der Waals surface area contributed by atoms with Crippen LogP contribution < -0.4 is 10.1 Å². The van der Waals surface area contributed by atoms with Crippen molar-refractivity contribution in [2.75, 3.05) is 45.4 Å². The lowest BCUT2D eigenvalue weighted by molar-refractivity contribution is -0.119. The van der Waals surface area contributed by atoms with Crippen LogP contribution in [0.25, 0.3) is 0 Å². The number of likely N-dealkylation sites (N-methyl/N-ethyl adjacent to an activating group) is 1. The Morgan fingerprint density at radius 3 is 2.47 bits per heavy atom. The maximum atomic E-state index is 13.3. The molecule has 1 fully saturated rings. The smallest absolute Gasteiger partial charge is 0.257 e. The summed E-state index contributed by atoms with van der Waals surface area (Å²) in [6.07, 6.45) is 4.72. The van der Waals surface area contributed by atoms with Gasteiger partial charge in [-0.1, -0.05) is 19.8 Å². The number of nitrogens with one attached hydrogen (secondary N) is 1. The van der Waals surface area contributed by atoms with Crippen LogP contribution in [0.2, 0.25) is 0 Å². The zero-order valence-corrected chi connectivity index (χ0v) is 21.6. The van der Waals surface area contributed by atoms with E-state index in [1.807, 2.05) is 6.92 Å². The Morgan fingerprint density at radius 1 is 1.18 bits per heavy atom. The predicted octanol–water partition coefficient (Wildman–Crippen LogP) is 2.58. The number of ether oxygens (including phenoxy) is 2. The summed E-state index contributed by atoms with van der Waals surface area (Å²) in [6, 6.07) is 4.53. The molecule has 1 saturated carbocycles. The molecule has 2 aliphatic rings. The maximum absolute atomic E-state index is 13.3. The van der Waals surface area contributed by atoms with E-state index >= 15 is 0 Å². The van der Waals surface area contributed by atoms with Gasteiger partial charge in [0.25, 0.3) is 5.91 Å². The van der Waals surface area contributed by atoms with Crippen molar-refractivity contribution in [2.24, 2.45) is 11.8 Å². The van der Waals surface area contributed by atoms with Gasteiger partial charge >= 0.3 is 0 Å². The quantitative estimate of drug-likeness (QED) is 0.688. The number of hydrogen-bond donors (Lipinski definition) is 1. The van der Waals surface area contributed by atoms with Crippen molar-refractivity contribution in [1.82, 2.24) is 9.21 Å². The molecule has 1 heterocycles. The van der Waals surface area contributed by atoms with Gasteiger partial charge in [-0.15, -0.1) is 0 Å². The molecule has 9 nitrogen and oxygen atoms in total. The summed E-state index contributed by atoms with van der Waals surface area (Å²) in [5.41, 5.74) is 0.900. The Balaban J connectivity index is 1.93. The number of amides is 2. The van der Waals surface area contributed by atoms with Gasteiger partial charge in [-0.25, -0.2) is 8.42 Å². The first-order chi connectivity index (χ1) is 16.0. The molecule has 0 saturated heterocycles. The number of benzene rings is 1. The molecule has 190 valence electrons. The third kappa shape index (κ3) is 6.28. The third-order valence-corrected chi connectivity index (χ3v) is 8.17. The van der Waals surface area contributed by atoms with E-state index in [2.05, 4.69) is 5.32 Å². The van der Waals surface area contributed by atoms with Crippen LogP contribution in [0.1, 0.15) is 49.9 Å². The first kappa shape index (κ1) is 26.4. The van der Waals surface area contributed by atoms with E-state index in [9.17, 15) is 18.0 Å². The second kappa shape index (κ2) is 11.0. The minimum absolute atomic E-state index is 0.00553. The van der Waals surface area contributed by atoms with E-state index in [4.69, 9.17) is 9.47 Å². The molecule has 1 aliphatic carbocycles. The first-order valence-corrected chi connectivity index (χ1v) is 13.7. The molecular formula is C24H37N3O6S. The number of anilines is 1. The number of hydrogen-bond acceptors (Lipinski definition) is 6.